The zero-order chi connectivity index (χ0) is 22.6. The first kappa shape index (κ1) is 20.1. The largest absolute Gasteiger partial charge is 0.486 e. The number of anilines is 1. The number of pyridine rings is 1. The first-order valence-corrected chi connectivity index (χ1v) is 11.0. The van der Waals surface area contributed by atoms with Crippen LogP contribution in [0.1, 0.15) is 18.6 Å². The third-order valence-electron chi connectivity index (χ3n) is 6.60. The minimum absolute atomic E-state index is 0.435. The molecule has 0 aliphatic carbocycles. The van der Waals surface area contributed by atoms with E-state index in [-0.39, 0.29) is 0 Å². The van der Waals surface area contributed by atoms with Gasteiger partial charge in [-0.3, -0.25) is 5.10 Å². The summed E-state index contributed by atoms with van der Waals surface area (Å²) in [5.74, 6) is 0.326. The molecule has 33 heavy (non-hydrogen) atoms. The highest BCUT2D eigenvalue weighted by Gasteiger charge is 2.47. The van der Waals surface area contributed by atoms with Crippen LogP contribution in [0.2, 0.25) is 0 Å². The zero-order valence-electron chi connectivity index (χ0n) is 18.1. The van der Waals surface area contributed by atoms with Gasteiger partial charge in [0, 0.05) is 54.8 Å². The molecule has 2 saturated heterocycles. The number of benzene rings is 2. The highest BCUT2D eigenvalue weighted by molar-refractivity contribution is 5.93. The van der Waals surface area contributed by atoms with Gasteiger partial charge in [-0.15, -0.1) is 0 Å². The minimum Gasteiger partial charge on any atom is -0.486 e. The van der Waals surface area contributed by atoms with Crippen molar-refractivity contribution in [3.63, 3.8) is 0 Å². The fraction of sp³-hybridized carbons (Fsp3) is 0.280. The maximum Gasteiger partial charge on any atom is 0.128 e. The van der Waals surface area contributed by atoms with Gasteiger partial charge in [0.1, 0.15) is 35.0 Å². The summed E-state index contributed by atoms with van der Waals surface area (Å²) in [7, 11) is 0. The van der Waals surface area contributed by atoms with Crippen molar-refractivity contribution in [2.75, 3.05) is 31.1 Å². The number of hydrogen-bond acceptors (Lipinski definition) is 5. The second-order valence-electron chi connectivity index (χ2n) is 9.11. The topological polar surface area (TPSA) is 66.1 Å². The van der Waals surface area contributed by atoms with E-state index in [2.05, 4.69) is 25.4 Å². The van der Waals surface area contributed by atoms with Gasteiger partial charge in [0.2, 0.25) is 0 Å². The molecule has 8 heteroatoms. The Bertz CT molecular complexity index is 1300. The van der Waals surface area contributed by atoms with Crippen molar-refractivity contribution < 1.29 is 13.5 Å². The molecule has 4 aromatic rings. The predicted molar refractivity (Wildman–Crippen MR) is 122 cm³/mol. The Morgan fingerprint density at radius 3 is 2.48 bits per heavy atom. The summed E-state index contributed by atoms with van der Waals surface area (Å²) in [6, 6.07) is 13.1. The summed E-state index contributed by atoms with van der Waals surface area (Å²) in [4.78, 5) is 6.97. The average Bonchev–Trinajstić information content (AvgIpc) is 3.15. The predicted octanol–water partition coefficient (Wildman–Crippen LogP) is 4.45. The van der Waals surface area contributed by atoms with Gasteiger partial charge in [-0.2, -0.15) is 5.10 Å². The Labute approximate surface area is 189 Å². The molecule has 1 atom stereocenters. The minimum atomic E-state index is -0.623. The van der Waals surface area contributed by atoms with Gasteiger partial charge in [0.15, 0.2) is 0 Å². The molecule has 2 aromatic carbocycles. The van der Waals surface area contributed by atoms with E-state index in [0.717, 1.165) is 60.2 Å². The zero-order valence-corrected chi connectivity index (χ0v) is 18.1. The van der Waals surface area contributed by atoms with Crippen LogP contribution in [-0.4, -0.2) is 41.4 Å². The summed E-state index contributed by atoms with van der Waals surface area (Å²) in [6.45, 7) is 6.05. The van der Waals surface area contributed by atoms with Crippen LogP contribution in [0.3, 0.4) is 0 Å². The van der Waals surface area contributed by atoms with Crippen LogP contribution in [0.4, 0.5) is 14.6 Å². The summed E-state index contributed by atoms with van der Waals surface area (Å²) in [5.41, 5.74) is 3.44. The molecule has 6 rings (SSSR count). The lowest BCUT2D eigenvalue weighted by atomic mass is 9.74. The Balaban J connectivity index is 1.23. The molecule has 168 valence electrons. The van der Waals surface area contributed by atoms with Gasteiger partial charge in [0.05, 0.1) is 5.52 Å². The summed E-state index contributed by atoms with van der Waals surface area (Å²) < 4.78 is 33.1. The van der Waals surface area contributed by atoms with Crippen molar-refractivity contribution in [3.8, 4) is 17.0 Å². The third-order valence-corrected chi connectivity index (χ3v) is 6.60. The van der Waals surface area contributed by atoms with Crippen LogP contribution in [0.15, 0.2) is 54.7 Å². The van der Waals surface area contributed by atoms with E-state index in [0.29, 0.717) is 16.7 Å². The van der Waals surface area contributed by atoms with Gasteiger partial charge in [-0.05, 0) is 55.0 Å². The monoisotopic (exact) mass is 447 g/mol. The van der Waals surface area contributed by atoms with Gasteiger partial charge in [0.25, 0.3) is 0 Å². The van der Waals surface area contributed by atoms with E-state index in [1.54, 1.807) is 6.92 Å². The van der Waals surface area contributed by atoms with Crippen molar-refractivity contribution >= 4 is 16.7 Å². The van der Waals surface area contributed by atoms with E-state index in [4.69, 9.17) is 4.74 Å². The molecule has 1 unspecified atom stereocenters. The lowest BCUT2D eigenvalue weighted by Gasteiger charge is -2.56. The van der Waals surface area contributed by atoms with Crippen LogP contribution in [0.25, 0.3) is 22.2 Å². The quantitative estimate of drug-likeness (QED) is 0.473. The highest BCUT2D eigenvalue weighted by atomic mass is 19.1. The standard InChI is InChI=1S/C25H23F2N5O/c1-15(17-6-18(26)8-19(27)7-17)33-20-3-4-22-21(9-20)24(31-30-22)16-2-5-23(29-10-16)32-13-25(14-32)11-28-12-25/h2-10,15,28H,11-14H2,1H3,(H,30,31). The summed E-state index contributed by atoms with van der Waals surface area (Å²) >= 11 is 0. The van der Waals surface area contributed by atoms with E-state index in [1.165, 1.54) is 12.1 Å². The van der Waals surface area contributed by atoms with Gasteiger partial charge in [-0.25, -0.2) is 13.8 Å². The molecule has 4 heterocycles. The number of H-pyrrole nitrogens is 1. The number of ether oxygens (including phenoxy) is 1. The number of nitrogens with zero attached hydrogens (tertiary/aromatic N) is 3. The first-order valence-electron chi connectivity index (χ1n) is 11.0. The van der Waals surface area contributed by atoms with E-state index < -0.39 is 17.7 Å². The number of aromatic amines is 1. The van der Waals surface area contributed by atoms with Gasteiger partial charge >= 0.3 is 0 Å². The van der Waals surface area contributed by atoms with Crippen LogP contribution >= 0.6 is 0 Å². The number of aromatic nitrogens is 3. The Kier molecular flexibility index (Phi) is 4.58. The maximum absolute atomic E-state index is 13.6. The molecule has 0 radical (unpaired) electrons. The third kappa shape index (κ3) is 3.60. The number of rotatable bonds is 5. The van der Waals surface area contributed by atoms with Gasteiger partial charge < -0.3 is 15.0 Å². The molecule has 0 saturated carbocycles. The number of nitrogens with one attached hydrogen (secondary N) is 2. The van der Waals surface area contributed by atoms with Crippen molar-refractivity contribution in [1.29, 1.82) is 0 Å². The lowest BCUT2D eigenvalue weighted by molar-refractivity contribution is 0.120. The van der Waals surface area contributed by atoms with Crippen molar-refractivity contribution in [3.05, 3.63) is 71.9 Å². The highest BCUT2D eigenvalue weighted by Crippen LogP contribution is 2.37. The average molecular weight is 447 g/mol. The Morgan fingerprint density at radius 2 is 1.82 bits per heavy atom. The van der Waals surface area contributed by atoms with Crippen LogP contribution in [0, 0.1) is 17.0 Å². The van der Waals surface area contributed by atoms with Crippen molar-refractivity contribution in [1.82, 2.24) is 20.5 Å². The van der Waals surface area contributed by atoms with Gasteiger partial charge in [-0.1, -0.05) is 0 Å². The molecule has 2 aliphatic heterocycles. The molecular weight excluding hydrogens is 424 g/mol. The summed E-state index contributed by atoms with van der Waals surface area (Å²) in [5, 5.41) is 11.8. The molecule has 6 nitrogen and oxygen atoms in total. The SMILES string of the molecule is CC(Oc1ccc2[nH]nc(-c3ccc(N4CC5(CNC5)C4)nc3)c2c1)c1cc(F)cc(F)c1. The molecule has 0 amide bonds. The van der Waals surface area contributed by atoms with E-state index in [1.807, 2.05) is 36.5 Å². The number of hydrogen-bond donors (Lipinski definition) is 2. The molecule has 2 aliphatic rings. The smallest absolute Gasteiger partial charge is 0.128 e. The second kappa shape index (κ2) is 7.52. The number of halogens is 2. The van der Waals surface area contributed by atoms with E-state index >= 15 is 0 Å². The van der Waals surface area contributed by atoms with E-state index in [9.17, 15) is 8.78 Å². The molecule has 2 fully saturated rings. The van der Waals surface area contributed by atoms with Crippen LogP contribution in [-0.2, 0) is 0 Å². The molecule has 1 spiro atoms. The fourth-order valence-corrected chi connectivity index (χ4v) is 4.71. The number of fused-ring (bicyclic) bond motifs is 1. The first-order chi connectivity index (χ1) is 16.0. The van der Waals surface area contributed by atoms with Crippen LogP contribution < -0.4 is 15.0 Å². The lowest BCUT2D eigenvalue weighted by Crippen LogP contribution is -2.71. The molecule has 2 aromatic heterocycles. The normalized spacial score (nSPS) is 17.6. The molecule has 0 bridgehead atoms. The molecule has 2 N–H and O–H groups in total. The summed E-state index contributed by atoms with van der Waals surface area (Å²) in [6.07, 6.45) is 1.33. The fourth-order valence-electron chi connectivity index (χ4n) is 4.71. The maximum atomic E-state index is 13.6. The van der Waals surface area contributed by atoms with Crippen molar-refractivity contribution in [2.45, 2.75) is 13.0 Å². The molecular formula is C25H23F2N5O. The van der Waals surface area contributed by atoms with Crippen molar-refractivity contribution in [2.24, 2.45) is 5.41 Å². The Hall–Kier alpha value is -3.52. The van der Waals surface area contributed by atoms with Crippen LogP contribution in [0.5, 0.6) is 5.75 Å². The second-order valence-corrected chi connectivity index (χ2v) is 9.11. The Morgan fingerprint density at radius 1 is 1.03 bits per heavy atom.